The van der Waals surface area contributed by atoms with Gasteiger partial charge in [0.25, 0.3) is 0 Å². The molecular weight excluding hydrogens is 292 g/mol. The number of nitrogens with two attached hydrogens (primary N) is 1. The molecule has 1 aliphatic rings. The third-order valence-electron chi connectivity index (χ3n) is 4.65. The fraction of sp³-hybridized carbons (Fsp3) is 0.714. The predicted octanol–water partition coefficient (Wildman–Crippen LogP) is 2.72. The van der Waals surface area contributed by atoms with Crippen LogP contribution in [0, 0.1) is 12.3 Å². The van der Waals surface area contributed by atoms with E-state index in [2.05, 4.69) is 13.8 Å². The Balaban J connectivity index is 2.30. The van der Waals surface area contributed by atoms with Gasteiger partial charge in [-0.1, -0.05) is 13.8 Å². The molecule has 0 bridgehead atoms. The first-order chi connectivity index (χ1) is 9.38. The monoisotopic (exact) mass is 316 g/mol. The Hall–Kier alpha value is -0.430. The molecule has 0 unspecified atom stereocenters. The fourth-order valence-corrected chi connectivity index (χ4v) is 5.98. The molecule has 1 aliphatic heterocycles. The minimum atomic E-state index is -3.36. The minimum absolute atomic E-state index is 0.160. The molecule has 0 atom stereocenters. The van der Waals surface area contributed by atoms with Crippen molar-refractivity contribution in [2.75, 3.05) is 13.1 Å². The van der Waals surface area contributed by atoms with E-state index in [1.165, 1.54) is 11.3 Å². The summed E-state index contributed by atoms with van der Waals surface area (Å²) in [6, 6.07) is 1.74. The molecule has 2 N–H and O–H groups in total. The predicted molar refractivity (Wildman–Crippen MR) is 83.3 cm³/mol. The molecule has 4 nitrogen and oxygen atoms in total. The van der Waals surface area contributed by atoms with Gasteiger partial charge in [-0.15, -0.1) is 11.3 Å². The summed E-state index contributed by atoms with van der Waals surface area (Å²) < 4.78 is 27.3. The van der Waals surface area contributed by atoms with Crippen LogP contribution in [0.5, 0.6) is 0 Å². The van der Waals surface area contributed by atoms with Crippen molar-refractivity contribution in [2.24, 2.45) is 11.1 Å². The first kappa shape index (κ1) is 15.9. The van der Waals surface area contributed by atoms with E-state index in [-0.39, 0.29) is 5.41 Å². The van der Waals surface area contributed by atoms with Crippen LogP contribution < -0.4 is 5.73 Å². The first-order valence-electron chi connectivity index (χ1n) is 7.18. The van der Waals surface area contributed by atoms with Crippen LogP contribution in [0.3, 0.4) is 0 Å². The summed E-state index contributed by atoms with van der Waals surface area (Å²) in [6.45, 7) is 7.85. The zero-order valence-corrected chi connectivity index (χ0v) is 14.1. The van der Waals surface area contributed by atoms with Crippen molar-refractivity contribution >= 4 is 21.4 Å². The number of thiophene rings is 1. The second-order valence-corrected chi connectivity index (χ2v) is 8.88. The van der Waals surface area contributed by atoms with E-state index < -0.39 is 10.0 Å². The Morgan fingerprint density at radius 2 is 2.05 bits per heavy atom. The summed E-state index contributed by atoms with van der Waals surface area (Å²) in [5, 5.41) is 0. The van der Waals surface area contributed by atoms with Crippen molar-refractivity contribution in [3.8, 4) is 0 Å². The fourth-order valence-electron chi connectivity index (χ4n) is 2.95. The normalized spacial score (nSPS) is 19.6. The molecule has 1 saturated heterocycles. The third kappa shape index (κ3) is 2.66. The molecular formula is C14H24N2O2S2. The highest BCUT2D eigenvalue weighted by molar-refractivity contribution is 7.89. The van der Waals surface area contributed by atoms with Crippen LogP contribution in [0.1, 0.15) is 42.9 Å². The van der Waals surface area contributed by atoms with Crippen LogP contribution in [0.25, 0.3) is 0 Å². The maximum atomic E-state index is 12.8. The minimum Gasteiger partial charge on any atom is -0.326 e. The lowest BCUT2D eigenvalue weighted by atomic mass is 9.82. The molecule has 0 spiro atoms. The van der Waals surface area contributed by atoms with Gasteiger partial charge in [0.1, 0.15) is 0 Å². The standard InChI is InChI=1S/C14H24N2O2S2/c1-4-14(5-2)6-7-16(10-14)20(17,18)13-8-12(9-15)19-11(13)3/h8H,4-7,9-10,15H2,1-3H3. The maximum Gasteiger partial charge on any atom is 0.244 e. The summed E-state index contributed by atoms with van der Waals surface area (Å²) in [6.07, 6.45) is 3.03. The van der Waals surface area contributed by atoms with Crippen molar-refractivity contribution in [1.82, 2.24) is 4.31 Å². The van der Waals surface area contributed by atoms with E-state index in [1.807, 2.05) is 6.92 Å². The summed E-state index contributed by atoms with van der Waals surface area (Å²) in [5.41, 5.74) is 5.78. The van der Waals surface area contributed by atoms with Crippen molar-refractivity contribution < 1.29 is 8.42 Å². The maximum absolute atomic E-state index is 12.8. The van der Waals surface area contributed by atoms with E-state index in [4.69, 9.17) is 5.73 Å². The van der Waals surface area contributed by atoms with Crippen LogP contribution in [0.15, 0.2) is 11.0 Å². The molecule has 1 aromatic heterocycles. The molecule has 2 heterocycles. The van der Waals surface area contributed by atoms with Gasteiger partial charge in [0.15, 0.2) is 0 Å². The van der Waals surface area contributed by atoms with Crippen molar-refractivity contribution in [1.29, 1.82) is 0 Å². The molecule has 1 fully saturated rings. The van der Waals surface area contributed by atoms with Crippen LogP contribution in [-0.4, -0.2) is 25.8 Å². The molecule has 0 saturated carbocycles. The quantitative estimate of drug-likeness (QED) is 0.908. The SMILES string of the molecule is CCC1(CC)CCN(S(=O)(=O)c2cc(CN)sc2C)C1. The number of rotatable bonds is 5. The Bertz CT molecular complexity index is 574. The third-order valence-corrected chi connectivity index (χ3v) is 7.82. The second-order valence-electron chi connectivity index (χ2n) is 5.63. The molecule has 6 heteroatoms. The molecule has 0 radical (unpaired) electrons. The molecule has 2 rings (SSSR count). The van der Waals surface area contributed by atoms with E-state index in [9.17, 15) is 8.42 Å². The molecule has 0 aliphatic carbocycles. The van der Waals surface area contributed by atoms with E-state index in [0.717, 1.165) is 29.0 Å². The van der Waals surface area contributed by atoms with Crippen molar-refractivity contribution in [3.63, 3.8) is 0 Å². The van der Waals surface area contributed by atoms with Crippen LogP contribution in [-0.2, 0) is 16.6 Å². The van der Waals surface area contributed by atoms with E-state index in [1.54, 1.807) is 10.4 Å². The Morgan fingerprint density at radius 1 is 1.40 bits per heavy atom. The molecule has 0 aromatic carbocycles. The molecule has 0 amide bonds. The Labute approximate surface area is 126 Å². The summed E-state index contributed by atoms with van der Waals surface area (Å²) in [5.74, 6) is 0. The van der Waals surface area contributed by atoms with Gasteiger partial charge in [-0.3, -0.25) is 0 Å². The number of nitrogens with zero attached hydrogens (tertiary/aromatic N) is 1. The van der Waals surface area contributed by atoms with Gasteiger partial charge in [-0.2, -0.15) is 4.31 Å². The number of sulfonamides is 1. The largest absolute Gasteiger partial charge is 0.326 e. The smallest absolute Gasteiger partial charge is 0.244 e. The average molecular weight is 316 g/mol. The highest BCUT2D eigenvalue weighted by Crippen LogP contribution is 2.40. The summed E-state index contributed by atoms with van der Waals surface area (Å²) in [4.78, 5) is 2.22. The number of hydrogen-bond donors (Lipinski definition) is 1. The molecule has 20 heavy (non-hydrogen) atoms. The Kier molecular flexibility index (Phi) is 4.59. The van der Waals surface area contributed by atoms with Crippen molar-refractivity contribution in [2.45, 2.75) is 51.5 Å². The highest BCUT2D eigenvalue weighted by atomic mass is 32.2. The van der Waals surface area contributed by atoms with Gasteiger partial charge in [-0.05, 0) is 37.7 Å². The van der Waals surface area contributed by atoms with E-state index >= 15 is 0 Å². The van der Waals surface area contributed by atoms with Gasteiger partial charge < -0.3 is 5.73 Å². The zero-order valence-electron chi connectivity index (χ0n) is 12.5. The first-order valence-corrected chi connectivity index (χ1v) is 9.43. The summed E-state index contributed by atoms with van der Waals surface area (Å²) in [7, 11) is -3.36. The topological polar surface area (TPSA) is 63.4 Å². The lowest BCUT2D eigenvalue weighted by Crippen LogP contribution is -2.32. The van der Waals surface area contributed by atoms with E-state index in [0.29, 0.717) is 24.5 Å². The van der Waals surface area contributed by atoms with Crippen LogP contribution >= 0.6 is 11.3 Å². The molecule has 114 valence electrons. The van der Waals surface area contributed by atoms with Gasteiger partial charge in [0.2, 0.25) is 10.0 Å². The lowest BCUT2D eigenvalue weighted by molar-refractivity contribution is 0.279. The average Bonchev–Trinajstić information content (AvgIpc) is 3.03. The number of aryl methyl sites for hydroxylation is 1. The van der Waals surface area contributed by atoms with Gasteiger partial charge in [-0.25, -0.2) is 8.42 Å². The Morgan fingerprint density at radius 3 is 2.50 bits per heavy atom. The van der Waals surface area contributed by atoms with Gasteiger partial charge in [0, 0.05) is 29.4 Å². The van der Waals surface area contributed by atoms with Gasteiger partial charge >= 0.3 is 0 Å². The van der Waals surface area contributed by atoms with Crippen LogP contribution in [0.2, 0.25) is 0 Å². The zero-order chi connectivity index (χ0) is 15.0. The second kappa shape index (κ2) is 5.75. The van der Waals surface area contributed by atoms with Crippen molar-refractivity contribution in [3.05, 3.63) is 15.8 Å². The van der Waals surface area contributed by atoms with Crippen LogP contribution in [0.4, 0.5) is 0 Å². The number of hydrogen-bond acceptors (Lipinski definition) is 4. The van der Waals surface area contributed by atoms with Gasteiger partial charge in [0.05, 0.1) is 4.90 Å². The highest BCUT2D eigenvalue weighted by Gasteiger charge is 2.41. The molecule has 1 aromatic rings. The summed E-state index contributed by atoms with van der Waals surface area (Å²) >= 11 is 1.48. The lowest BCUT2D eigenvalue weighted by Gasteiger charge is -2.26.